The van der Waals surface area contributed by atoms with Crippen LogP contribution in [0.4, 0.5) is 4.39 Å². The van der Waals surface area contributed by atoms with Gasteiger partial charge in [0, 0.05) is 17.1 Å². The van der Waals surface area contributed by atoms with Crippen molar-refractivity contribution < 1.29 is 9.13 Å². The van der Waals surface area contributed by atoms with Gasteiger partial charge in [-0.05, 0) is 68.8 Å². The molecule has 1 N–H and O–H groups in total. The Morgan fingerprint density at radius 1 is 1.43 bits per heavy atom. The Bertz CT molecular complexity index is 415. The first-order valence-corrected chi connectivity index (χ1v) is 8.76. The predicted molar refractivity (Wildman–Crippen MR) is 88.1 cm³/mol. The molecule has 1 aliphatic heterocycles. The highest BCUT2D eigenvalue weighted by Crippen LogP contribution is 2.20. The van der Waals surface area contributed by atoms with Gasteiger partial charge in [0.05, 0.1) is 6.10 Å². The third kappa shape index (κ3) is 6.05. The predicted octanol–water partition coefficient (Wildman–Crippen LogP) is 4.46. The van der Waals surface area contributed by atoms with E-state index in [1.54, 1.807) is 6.07 Å². The van der Waals surface area contributed by atoms with Crippen molar-refractivity contribution in [3.05, 3.63) is 34.1 Å². The summed E-state index contributed by atoms with van der Waals surface area (Å²) in [4.78, 5) is 0. The van der Waals surface area contributed by atoms with Crippen molar-refractivity contribution in [1.29, 1.82) is 0 Å². The van der Waals surface area contributed by atoms with Gasteiger partial charge in [-0.25, -0.2) is 4.39 Å². The average molecular weight is 358 g/mol. The molecule has 2 atom stereocenters. The molecule has 4 heteroatoms. The first kappa shape index (κ1) is 16.9. The van der Waals surface area contributed by atoms with Gasteiger partial charge in [0.1, 0.15) is 5.82 Å². The molecular formula is C17H25BrFNO. The minimum atomic E-state index is -0.173. The second kappa shape index (κ2) is 8.86. The monoisotopic (exact) mass is 357 g/mol. The van der Waals surface area contributed by atoms with Crippen LogP contribution in [-0.4, -0.2) is 25.3 Å². The molecule has 1 aromatic rings. The third-order valence-corrected chi connectivity index (χ3v) is 4.41. The molecule has 0 spiro atoms. The SMILES string of the molecule is CCCNC(CCC1CCCO1)Cc1cc(F)cc(Br)c1. The lowest BCUT2D eigenvalue weighted by molar-refractivity contribution is 0.0995. The lowest BCUT2D eigenvalue weighted by Crippen LogP contribution is -2.32. The molecule has 2 nitrogen and oxygen atoms in total. The summed E-state index contributed by atoms with van der Waals surface area (Å²) in [5, 5.41) is 3.59. The quantitative estimate of drug-likeness (QED) is 0.741. The summed E-state index contributed by atoms with van der Waals surface area (Å²) in [7, 11) is 0. The van der Waals surface area contributed by atoms with Crippen molar-refractivity contribution in [2.75, 3.05) is 13.2 Å². The van der Waals surface area contributed by atoms with E-state index in [2.05, 4.69) is 28.2 Å². The van der Waals surface area contributed by atoms with Gasteiger partial charge in [-0.3, -0.25) is 0 Å². The molecule has 0 bridgehead atoms. The molecule has 0 aromatic heterocycles. The second-order valence-corrected chi connectivity index (χ2v) is 6.76. The van der Waals surface area contributed by atoms with Gasteiger partial charge in [0.2, 0.25) is 0 Å². The number of ether oxygens (including phenoxy) is 1. The van der Waals surface area contributed by atoms with E-state index in [4.69, 9.17) is 4.74 Å². The summed E-state index contributed by atoms with van der Waals surface area (Å²) >= 11 is 3.37. The van der Waals surface area contributed by atoms with Crippen LogP contribution >= 0.6 is 15.9 Å². The van der Waals surface area contributed by atoms with Gasteiger partial charge in [0.15, 0.2) is 0 Å². The largest absolute Gasteiger partial charge is 0.378 e. The first-order chi connectivity index (χ1) is 10.2. The Kier molecular flexibility index (Phi) is 7.14. The summed E-state index contributed by atoms with van der Waals surface area (Å²) in [5.41, 5.74) is 1.04. The van der Waals surface area contributed by atoms with Crippen LogP contribution in [0, 0.1) is 5.82 Å². The summed E-state index contributed by atoms with van der Waals surface area (Å²) in [6.45, 7) is 4.09. The molecule has 118 valence electrons. The van der Waals surface area contributed by atoms with E-state index in [1.807, 2.05) is 6.07 Å². The van der Waals surface area contributed by atoms with Gasteiger partial charge < -0.3 is 10.1 Å². The van der Waals surface area contributed by atoms with Crippen LogP contribution in [-0.2, 0) is 11.2 Å². The number of benzene rings is 1. The minimum absolute atomic E-state index is 0.173. The standard InChI is InChI=1S/C17H25BrFNO/c1-2-7-20-16(5-6-17-4-3-8-21-17)11-13-9-14(18)12-15(19)10-13/h9-10,12,16-17,20H,2-8,11H2,1H3. The van der Waals surface area contributed by atoms with Gasteiger partial charge in [-0.1, -0.05) is 22.9 Å². The molecular weight excluding hydrogens is 333 g/mol. The van der Waals surface area contributed by atoms with E-state index in [0.29, 0.717) is 12.1 Å². The highest BCUT2D eigenvalue weighted by atomic mass is 79.9. The van der Waals surface area contributed by atoms with E-state index in [0.717, 1.165) is 48.9 Å². The minimum Gasteiger partial charge on any atom is -0.378 e. The van der Waals surface area contributed by atoms with Crippen molar-refractivity contribution in [2.45, 2.75) is 57.6 Å². The summed E-state index contributed by atoms with van der Waals surface area (Å²) in [6.07, 6.45) is 6.96. The molecule has 1 aliphatic rings. The first-order valence-electron chi connectivity index (χ1n) is 7.97. The fourth-order valence-electron chi connectivity index (χ4n) is 2.90. The lowest BCUT2D eigenvalue weighted by atomic mass is 9.99. The maximum Gasteiger partial charge on any atom is 0.124 e. The molecule has 1 fully saturated rings. The van der Waals surface area contributed by atoms with Crippen LogP contribution in [0.2, 0.25) is 0 Å². The third-order valence-electron chi connectivity index (χ3n) is 3.95. The van der Waals surface area contributed by atoms with Crippen LogP contribution in [0.3, 0.4) is 0 Å². The van der Waals surface area contributed by atoms with Crippen molar-refractivity contribution in [1.82, 2.24) is 5.32 Å². The van der Waals surface area contributed by atoms with Crippen molar-refractivity contribution in [2.24, 2.45) is 0 Å². The average Bonchev–Trinajstić information content (AvgIpc) is 2.94. The fourth-order valence-corrected chi connectivity index (χ4v) is 3.41. The van der Waals surface area contributed by atoms with E-state index in [-0.39, 0.29) is 5.82 Å². The molecule has 0 saturated carbocycles. The van der Waals surface area contributed by atoms with Crippen molar-refractivity contribution in [3.63, 3.8) is 0 Å². The van der Waals surface area contributed by atoms with Crippen LogP contribution in [0.15, 0.2) is 22.7 Å². The summed E-state index contributed by atoms with van der Waals surface area (Å²) in [6, 6.07) is 5.54. The Hall–Kier alpha value is -0.450. The molecule has 0 radical (unpaired) electrons. The molecule has 1 aromatic carbocycles. The molecule has 0 aliphatic carbocycles. The van der Waals surface area contributed by atoms with Crippen LogP contribution in [0.1, 0.15) is 44.6 Å². The number of rotatable bonds is 8. The summed E-state index contributed by atoms with van der Waals surface area (Å²) < 4.78 is 20.0. The number of halogens is 2. The van der Waals surface area contributed by atoms with Gasteiger partial charge in [0.25, 0.3) is 0 Å². The number of hydrogen-bond donors (Lipinski definition) is 1. The molecule has 1 heterocycles. The van der Waals surface area contributed by atoms with Gasteiger partial charge >= 0.3 is 0 Å². The molecule has 21 heavy (non-hydrogen) atoms. The topological polar surface area (TPSA) is 21.3 Å². The van der Waals surface area contributed by atoms with E-state index >= 15 is 0 Å². The fraction of sp³-hybridized carbons (Fsp3) is 0.647. The second-order valence-electron chi connectivity index (χ2n) is 5.85. The van der Waals surface area contributed by atoms with Crippen LogP contribution in [0.5, 0.6) is 0 Å². The highest BCUT2D eigenvalue weighted by molar-refractivity contribution is 9.10. The normalized spacial score (nSPS) is 19.9. The van der Waals surface area contributed by atoms with Gasteiger partial charge in [-0.2, -0.15) is 0 Å². The van der Waals surface area contributed by atoms with Crippen molar-refractivity contribution >= 4 is 15.9 Å². The Labute approximate surface area is 135 Å². The molecule has 2 unspecified atom stereocenters. The summed E-state index contributed by atoms with van der Waals surface area (Å²) in [5.74, 6) is -0.173. The van der Waals surface area contributed by atoms with Crippen LogP contribution in [0.25, 0.3) is 0 Å². The van der Waals surface area contributed by atoms with Gasteiger partial charge in [-0.15, -0.1) is 0 Å². The smallest absolute Gasteiger partial charge is 0.124 e. The van der Waals surface area contributed by atoms with E-state index in [1.165, 1.54) is 18.9 Å². The zero-order valence-electron chi connectivity index (χ0n) is 12.7. The van der Waals surface area contributed by atoms with E-state index in [9.17, 15) is 4.39 Å². The maximum absolute atomic E-state index is 13.5. The number of hydrogen-bond acceptors (Lipinski definition) is 2. The lowest BCUT2D eigenvalue weighted by Gasteiger charge is -2.20. The highest BCUT2D eigenvalue weighted by Gasteiger charge is 2.18. The van der Waals surface area contributed by atoms with Crippen LogP contribution < -0.4 is 5.32 Å². The molecule has 0 amide bonds. The van der Waals surface area contributed by atoms with E-state index < -0.39 is 0 Å². The Morgan fingerprint density at radius 2 is 2.29 bits per heavy atom. The zero-order valence-corrected chi connectivity index (χ0v) is 14.3. The zero-order chi connectivity index (χ0) is 15.1. The van der Waals surface area contributed by atoms with Crippen molar-refractivity contribution in [3.8, 4) is 0 Å². The number of nitrogens with one attached hydrogen (secondary N) is 1. The molecule has 2 rings (SSSR count). The Balaban J connectivity index is 1.90. The maximum atomic E-state index is 13.5. The molecule has 1 saturated heterocycles. The Morgan fingerprint density at radius 3 is 2.95 bits per heavy atom.